The van der Waals surface area contributed by atoms with E-state index < -0.39 is 18.4 Å². The van der Waals surface area contributed by atoms with Crippen molar-refractivity contribution >= 4 is 5.69 Å². The summed E-state index contributed by atoms with van der Waals surface area (Å²) in [5.41, 5.74) is 4.24. The number of hydrogen-bond donors (Lipinski definition) is 1. The summed E-state index contributed by atoms with van der Waals surface area (Å²) in [6.07, 6.45) is -4.43. The lowest BCUT2D eigenvalue weighted by atomic mass is 10.1. The number of rotatable bonds is 1. The van der Waals surface area contributed by atoms with Crippen LogP contribution in [0.3, 0.4) is 0 Å². The van der Waals surface area contributed by atoms with Crippen molar-refractivity contribution < 1.29 is 17.6 Å². The maximum Gasteiger partial charge on any atom is 0.416 e. The maximum atomic E-state index is 12.1. The summed E-state index contributed by atoms with van der Waals surface area (Å²) >= 11 is 0. The van der Waals surface area contributed by atoms with Gasteiger partial charge in [0.05, 0.1) is 5.56 Å². The Labute approximate surface area is 72.2 Å². The highest BCUT2D eigenvalue weighted by Crippen LogP contribution is 2.31. The van der Waals surface area contributed by atoms with Crippen LogP contribution in [0.4, 0.5) is 23.2 Å². The minimum Gasteiger partial charge on any atom is -0.398 e. The van der Waals surface area contributed by atoms with Gasteiger partial charge in [-0.3, -0.25) is 0 Å². The molecule has 0 aliphatic heterocycles. The lowest BCUT2D eigenvalue weighted by Gasteiger charge is -2.08. The molecule has 0 aromatic heterocycles. The van der Waals surface area contributed by atoms with Gasteiger partial charge >= 0.3 is 6.18 Å². The molecule has 2 N–H and O–H groups in total. The standard InChI is InChI=1S/C8H7F4N/c9-4-5-1-2-6(3-7(5)13)8(10,11)12/h1-3H,4,13H2. The summed E-state index contributed by atoms with van der Waals surface area (Å²) in [6.45, 7) is -0.857. The van der Waals surface area contributed by atoms with E-state index >= 15 is 0 Å². The molecule has 0 saturated carbocycles. The Kier molecular flexibility index (Phi) is 2.45. The SMILES string of the molecule is Nc1cc(C(F)(F)F)ccc1CF. The van der Waals surface area contributed by atoms with Gasteiger partial charge in [0, 0.05) is 11.3 Å². The molecule has 0 atom stereocenters. The summed E-state index contributed by atoms with van der Waals surface area (Å²) in [4.78, 5) is 0. The fourth-order valence-corrected chi connectivity index (χ4v) is 0.893. The van der Waals surface area contributed by atoms with Crippen LogP contribution in [0.15, 0.2) is 18.2 Å². The van der Waals surface area contributed by atoms with Gasteiger partial charge in [-0.15, -0.1) is 0 Å². The molecule has 5 heteroatoms. The minimum absolute atomic E-state index is 0.0769. The molecule has 1 nitrogen and oxygen atoms in total. The Morgan fingerprint density at radius 2 is 1.85 bits per heavy atom. The molecule has 0 aliphatic carbocycles. The van der Waals surface area contributed by atoms with Crippen LogP contribution in [0.5, 0.6) is 0 Å². The number of nitrogens with two attached hydrogens (primary N) is 1. The zero-order valence-corrected chi connectivity index (χ0v) is 6.53. The number of nitrogen functional groups attached to an aromatic ring is 1. The van der Waals surface area contributed by atoms with Gasteiger partial charge < -0.3 is 5.73 Å². The average Bonchev–Trinajstić information content (AvgIpc) is 2.02. The van der Waals surface area contributed by atoms with E-state index in [9.17, 15) is 17.6 Å². The molecule has 0 amide bonds. The van der Waals surface area contributed by atoms with Crippen LogP contribution < -0.4 is 5.73 Å². The van der Waals surface area contributed by atoms with Crippen molar-refractivity contribution in [2.24, 2.45) is 0 Å². The third-order valence-electron chi connectivity index (χ3n) is 1.62. The van der Waals surface area contributed by atoms with E-state index in [1.54, 1.807) is 0 Å². The monoisotopic (exact) mass is 193 g/mol. The summed E-state index contributed by atoms with van der Waals surface area (Å²) in [5, 5.41) is 0. The summed E-state index contributed by atoms with van der Waals surface area (Å²) in [7, 11) is 0. The van der Waals surface area contributed by atoms with Crippen LogP contribution in [-0.2, 0) is 12.9 Å². The van der Waals surface area contributed by atoms with Gasteiger partial charge in [0.15, 0.2) is 0 Å². The van der Waals surface area contributed by atoms with Crippen molar-refractivity contribution in [1.29, 1.82) is 0 Å². The van der Waals surface area contributed by atoms with E-state index in [0.717, 1.165) is 18.2 Å². The van der Waals surface area contributed by atoms with Gasteiger partial charge in [0.25, 0.3) is 0 Å². The predicted molar refractivity (Wildman–Crippen MR) is 40.7 cm³/mol. The summed E-state index contributed by atoms with van der Waals surface area (Å²) in [5.74, 6) is 0. The Hall–Kier alpha value is -1.26. The second kappa shape index (κ2) is 3.24. The normalized spacial score (nSPS) is 11.7. The van der Waals surface area contributed by atoms with Gasteiger partial charge in [-0.05, 0) is 12.1 Å². The first-order valence-corrected chi connectivity index (χ1v) is 3.46. The number of hydrogen-bond acceptors (Lipinski definition) is 1. The molecule has 0 bridgehead atoms. The van der Waals surface area contributed by atoms with Gasteiger partial charge in [0.1, 0.15) is 6.67 Å². The fourth-order valence-electron chi connectivity index (χ4n) is 0.893. The first kappa shape index (κ1) is 9.83. The number of benzene rings is 1. The summed E-state index contributed by atoms with van der Waals surface area (Å²) < 4.78 is 48.2. The number of alkyl halides is 4. The molecular formula is C8H7F4N. The average molecular weight is 193 g/mol. The first-order chi connectivity index (χ1) is 5.95. The fraction of sp³-hybridized carbons (Fsp3) is 0.250. The van der Waals surface area contributed by atoms with Crippen molar-refractivity contribution in [2.45, 2.75) is 12.9 Å². The van der Waals surface area contributed by atoms with Crippen LogP contribution in [-0.4, -0.2) is 0 Å². The zero-order chi connectivity index (χ0) is 10.1. The van der Waals surface area contributed by atoms with Crippen LogP contribution in [0.2, 0.25) is 0 Å². The quantitative estimate of drug-likeness (QED) is 0.538. The lowest BCUT2D eigenvalue weighted by molar-refractivity contribution is -0.137. The molecular weight excluding hydrogens is 186 g/mol. The van der Waals surface area contributed by atoms with Crippen LogP contribution in [0, 0.1) is 0 Å². The van der Waals surface area contributed by atoms with E-state index in [1.807, 2.05) is 0 Å². The highest BCUT2D eigenvalue weighted by atomic mass is 19.4. The van der Waals surface area contributed by atoms with Crippen LogP contribution in [0.25, 0.3) is 0 Å². The summed E-state index contributed by atoms with van der Waals surface area (Å²) in [6, 6.07) is 2.58. The Morgan fingerprint density at radius 1 is 1.23 bits per heavy atom. The molecule has 0 saturated heterocycles. The van der Waals surface area contributed by atoms with Gasteiger partial charge in [0.2, 0.25) is 0 Å². The van der Waals surface area contributed by atoms with Crippen LogP contribution >= 0.6 is 0 Å². The number of anilines is 1. The van der Waals surface area contributed by atoms with Crippen molar-refractivity contribution in [3.05, 3.63) is 29.3 Å². The molecule has 0 spiro atoms. The molecule has 72 valence electrons. The Balaban J connectivity index is 3.10. The van der Waals surface area contributed by atoms with E-state index in [1.165, 1.54) is 0 Å². The van der Waals surface area contributed by atoms with Gasteiger partial charge in [-0.1, -0.05) is 6.07 Å². The number of halogens is 4. The minimum atomic E-state index is -4.43. The topological polar surface area (TPSA) is 26.0 Å². The second-order valence-electron chi connectivity index (χ2n) is 2.54. The zero-order valence-electron chi connectivity index (χ0n) is 6.53. The van der Waals surface area contributed by atoms with E-state index in [-0.39, 0.29) is 11.3 Å². The van der Waals surface area contributed by atoms with E-state index in [4.69, 9.17) is 5.73 Å². The van der Waals surface area contributed by atoms with E-state index in [2.05, 4.69) is 0 Å². The third kappa shape index (κ3) is 2.11. The lowest BCUT2D eigenvalue weighted by Crippen LogP contribution is -2.06. The van der Waals surface area contributed by atoms with Crippen molar-refractivity contribution in [2.75, 3.05) is 5.73 Å². The molecule has 1 rings (SSSR count). The van der Waals surface area contributed by atoms with Crippen molar-refractivity contribution in [3.63, 3.8) is 0 Å². The highest BCUT2D eigenvalue weighted by Gasteiger charge is 2.30. The van der Waals surface area contributed by atoms with Crippen molar-refractivity contribution in [1.82, 2.24) is 0 Å². The second-order valence-corrected chi connectivity index (χ2v) is 2.54. The Bertz CT molecular complexity index is 306. The van der Waals surface area contributed by atoms with Gasteiger partial charge in [-0.25, -0.2) is 4.39 Å². The van der Waals surface area contributed by atoms with Gasteiger partial charge in [-0.2, -0.15) is 13.2 Å². The molecule has 1 aromatic rings. The predicted octanol–water partition coefficient (Wildman–Crippen LogP) is 2.76. The highest BCUT2D eigenvalue weighted by molar-refractivity contribution is 5.49. The van der Waals surface area contributed by atoms with E-state index in [0.29, 0.717) is 0 Å². The largest absolute Gasteiger partial charge is 0.416 e. The molecule has 0 unspecified atom stereocenters. The maximum absolute atomic E-state index is 12.1. The van der Waals surface area contributed by atoms with Crippen LogP contribution in [0.1, 0.15) is 11.1 Å². The molecule has 13 heavy (non-hydrogen) atoms. The molecule has 0 fully saturated rings. The molecule has 0 aliphatic rings. The molecule has 1 aromatic carbocycles. The Morgan fingerprint density at radius 3 is 2.23 bits per heavy atom. The first-order valence-electron chi connectivity index (χ1n) is 3.46. The molecule has 0 heterocycles. The molecule has 0 radical (unpaired) electrons. The third-order valence-corrected chi connectivity index (χ3v) is 1.62. The smallest absolute Gasteiger partial charge is 0.398 e. The van der Waals surface area contributed by atoms with Crippen molar-refractivity contribution in [3.8, 4) is 0 Å².